The van der Waals surface area contributed by atoms with Crippen LogP contribution in [0.25, 0.3) is 0 Å². The maximum Gasteiger partial charge on any atom is 0.182 e. The number of benzene rings is 1. The van der Waals surface area contributed by atoms with E-state index in [1.165, 1.54) is 0 Å². The molecule has 15 heavy (non-hydrogen) atoms. The van der Waals surface area contributed by atoms with Gasteiger partial charge in [-0.2, -0.15) is 0 Å². The third kappa shape index (κ3) is 3.15. The fourth-order valence-corrected chi connectivity index (χ4v) is 1.38. The van der Waals surface area contributed by atoms with Crippen LogP contribution < -0.4 is 5.32 Å². The Morgan fingerprint density at radius 3 is 2.47 bits per heavy atom. The summed E-state index contributed by atoms with van der Waals surface area (Å²) in [6, 6.07) is 7.30. The van der Waals surface area contributed by atoms with Crippen LogP contribution in [0, 0.1) is 6.92 Å². The Labute approximate surface area is 90.4 Å². The second-order valence-electron chi connectivity index (χ2n) is 3.53. The van der Waals surface area contributed by atoms with Gasteiger partial charge in [0.1, 0.15) is 0 Å². The molecule has 0 aliphatic carbocycles. The number of ketones is 1. The first-order valence-electron chi connectivity index (χ1n) is 4.96. The molecule has 0 aromatic heterocycles. The van der Waals surface area contributed by atoms with E-state index >= 15 is 0 Å². The minimum Gasteiger partial charge on any atom is -0.383 e. The summed E-state index contributed by atoms with van der Waals surface area (Å²) in [6.45, 7) is 2.39. The van der Waals surface area contributed by atoms with Gasteiger partial charge in [-0.15, -0.1) is 0 Å². The summed E-state index contributed by atoms with van der Waals surface area (Å²) in [5.74, 6) is 0.0688. The van der Waals surface area contributed by atoms with Gasteiger partial charge >= 0.3 is 0 Å². The largest absolute Gasteiger partial charge is 0.383 e. The van der Waals surface area contributed by atoms with E-state index in [0.29, 0.717) is 6.61 Å². The fourth-order valence-electron chi connectivity index (χ4n) is 1.38. The van der Waals surface area contributed by atoms with Crippen LogP contribution in [0.4, 0.5) is 0 Å². The van der Waals surface area contributed by atoms with Gasteiger partial charge in [0.15, 0.2) is 5.78 Å². The quantitative estimate of drug-likeness (QED) is 0.742. The van der Waals surface area contributed by atoms with Gasteiger partial charge in [0, 0.05) is 12.7 Å². The number of Topliss-reactive ketones (excluding diaryl/α,β-unsaturated/α-hetero) is 1. The van der Waals surface area contributed by atoms with Crippen LogP contribution >= 0.6 is 0 Å². The van der Waals surface area contributed by atoms with Crippen molar-refractivity contribution in [1.82, 2.24) is 5.32 Å². The molecular formula is C12H17NO2. The molecule has 0 amide bonds. The van der Waals surface area contributed by atoms with Crippen molar-refractivity contribution in [2.75, 3.05) is 20.8 Å². The first-order chi connectivity index (χ1) is 7.19. The van der Waals surface area contributed by atoms with Crippen LogP contribution in [-0.2, 0) is 4.74 Å². The van der Waals surface area contributed by atoms with E-state index in [9.17, 15) is 4.79 Å². The van der Waals surface area contributed by atoms with Crippen LogP contribution in [0.15, 0.2) is 24.3 Å². The maximum absolute atomic E-state index is 11.9. The van der Waals surface area contributed by atoms with E-state index in [-0.39, 0.29) is 11.8 Å². The highest BCUT2D eigenvalue weighted by Crippen LogP contribution is 2.06. The molecule has 0 unspecified atom stereocenters. The predicted octanol–water partition coefficient (Wildman–Crippen LogP) is 1.41. The molecule has 1 aromatic rings. The molecule has 0 radical (unpaired) electrons. The molecule has 1 atom stereocenters. The highest BCUT2D eigenvalue weighted by atomic mass is 16.5. The van der Waals surface area contributed by atoms with Gasteiger partial charge < -0.3 is 10.1 Å². The Morgan fingerprint density at radius 2 is 2.00 bits per heavy atom. The molecule has 1 rings (SSSR count). The average Bonchev–Trinajstić information content (AvgIpc) is 2.26. The SMILES string of the molecule is CN[C@H](COC)C(=O)c1ccc(C)cc1. The van der Waals surface area contributed by atoms with E-state index in [1.54, 1.807) is 14.2 Å². The Balaban J connectivity index is 2.78. The summed E-state index contributed by atoms with van der Waals surface area (Å²) in [6.07, 6.45) is 0. The Morgan fingerprint density at radius 1 is 1.40 bits per heavy atom. The molecule has 1 aromatic carbocycles. The number of likely N-dealkylation sites (N-methyl/N-ethyl adjacent to an activating group) is 1. The third-order valence-electron chi connectivity index (χ3n) is 2.33. The highest BCUT2D eigenvalue weighted by molar-refractivity contribution is 6.00. The summed E-state index contributed by atoms with van der Waals surface area (Å²) >= 11 is 0. The number of aryl methyl sites for hydroxylation is 1. The zero-order valence-corrected chi connectivity index (χ0v) is 9.41. The van der Waals surface area contributed by atoms with Crippen molar-refractivity contribution in [2.24, 2.45) is 0 Å². The molecule has 3 nitrogen and oxygen atoms in total. The van der Waals surface area contributed by atoms with Crippen LogP contribution in [0.2, 0.25) is 0 Å². The molecule has 0 saturated heterocycles. The van der Waals surface area contributed by atoms with Gasteiger partial charge in [-0.05, 0) is 14.0 Å². The van der Waals surface area contributed by atoms with Gasteiger partial charge in [0.2, 0.25) is 0 Å². The number of rotatable bonds is 5. The molecule has 0 saturated carbocycles. The molecule has 0 aliphatic heterocycles. The lowest BCUT2D eigenvalue weighted by Gasteiger charge is -2.13. The lowest BCUT2D eigenvalue weighted by molar-refractivity contribution is 0.0865. The van der Waals surface area contributed by atoms with Crippen LogP contribution in [0.3, 0.4) is 0 Å². The third-order valence-corrected chi connectivity index (χ3v) is 2.33. The van der Waals surface area contributed by atoms with Crippen molar-refractivity contribution < 1.29 is 9.53 Å². The number of carbonyl (C=O) groups is 1. The zero-order chi connectivity index (χ0) is 11.3. The number of methoxy groups -OCH3 is 1. The second-order valence-corrected chi connectivity index (χ2v) is 3.53. The molecule has 0 spiro atoms. The standard InChI is InChI=1S/C12H17NO2/c1-9-4-6-10(7-5-9)12(14)11(13-2)8-15-3/h4-7,11,13H,8H2,1-3H3/t11-/m1/s1. The van der Waals surface area contributed by atoms with Crippen LogP contribution in [-0.4, -0.2) is 32.6 Å². The number of hydrogen-bond donors (Lipinski definition) is 1. The normalized spacial score (nSPS) is 12.5. The Bertz CT molecular complexity index is 319. The van der Waals surface area contributed by atoms with Crippen molar-refractivity contribution in [3.05, 3.63) is 35.4 Å². The van der Waals surface area contributed by atoms with Crippen molar-refractivity contribution in [3.63, 3.8) is 0 Å². The second kappa shape index (κ2) is 5.63. The molecule has 0 aliphatic rings. The molecule has 82 valence electrons. The monoisotopic (exact) mass is 207 g/mol. The lowest BCUT2D eigenvalue weighted by Crippen LogP contribution is -2.38. The zero-order valence-electron chi connectivity index (χ0n) is 9.41. The number of nitrogens with one attached hydrogen (secondary N) is 1. The molecule has 3 heteroatoms. The summed E-state index contributed by atoms with van der Waals surface area (Å²) in [5.41, 5.74) is 1.87. The van der Waals surface area contributed by atoms with Gasteiger partial charge in [-0.25, -0.2) is 0 Å². The van der Waals surface area contributed by atoms with E-state index in [1.807, 2.05) is 31.2 Å². The molecular weight excluding hydrogens is 190 g/mol. The lowest BCUT2D eigenvalue weighted by atomic mass is 10.0. The highest BCUT2D eigenvalue weighted by Gasteiger charge is 2.17. The average molecular weight is 207 g/mol. The smallest absolute Gasteiger partial charge is 0.182 e. The van der Waals surface area contributed by atoms with Crippen molar-refractivity contribution >= 4 is 5.78 Å². The summed E-state index contributed by atoms with van der Waals surface area (Å²) in [4.78, 5) is 11.9. The summed E-state index contributed by atoms with van der Waals surface area (Å²) in [5, 5.41) is 2.94. The number of hydrogen-bond acceptors (Lipinski definition) is 3. The van der Waals surface area contributed by atoms with E-state index in [0.717, 1.165) is 11.1 Å². The van der Waals surface area contributed by atoms with Gasteiger partial charge in [0.25, 0.3) is 0 Å². The number of carbonyl (C=O) groups excluding carboxylic acids is 1. The van der Waals surface area contributed by atoms with Crippen molar-refractivity contribution in [1.29, 1.82) is 0 Å². The Hall–Kier alpha value is -1.19. The van der Waals surface area contributed by atoms with Gasteiger partial charge in [-0.1, -0.05) is 29.8 Å². The fraction of sp³-hybridized carbons (Fsp3) is 0.417. The van der Waals surface area contributed by atoms with Gasteiger partial charge in [-0.3, -0.25) is 4.79 Å². The molecule has 0 fully saturated rings. The summed E-state index contributed by atoms with van der Waals surface area (Å²) < 4.78 is 4.98. The minimum absolute atomic E-state index is 0.0688. The number of ether oxygens (including phenoxy) is 1. The first kappa shape index (κ1) is 11.9. The van der Waals surface area contributed by atoms with E-state index in [4.69, 9.17) is 4.74 Å². The molecule has 0 bridgehead atoms. The van der Waals surface area contributed by atoms with Crippen LogP contribution in [0.1, 0.15) is 15.9 Å². The Kier molecular flexibility index (Phi) is 4.46. The minimum atomic E-state index is -0.266. The first-order valence-corrected chi connectivity index (χ1v) is 4.96. The van der Waals surface area contributed by atoms with Gasteiger partial charge in [0.05, 0.1) is 12.6 Å². The molecule has 1 N–H and O–H groups in total. The van der Waals surface area contributed by atoms with Crippen LogP contribution in [0.5, 0.6) is 0 Å². The van der Waals surface area contributed by atoms with E-state index < -0.39 is 0 Å². The maximum atomic E-state index is 11.9. The summed E-state index contributed by atoms with van der Waals surface area (Å²) in [7, 11) is 3.35. The van der Waals surface area contributed by atoms with E-state index in [2.05, 4.69) is 5.32 Å². The predicted molar refractivity (Wildman–Crippen MR) is 60.2 cm³/mol. The molecule has 0 heterocycles. The van der Waals surface area contributed by atoms with Crippen molar-refractivity contribution in [2.45, 2.75) is 13.0 Å². The topological polar surface area (TPSA) is 38.3 Å². The van der Waals surface area contributed by atoms with Crippen molar-refractivity contribution in [3.8, 4) is 0 Å².